The number of Topliss-reactive ketones (excluding diaryl/α,β-unsaturated/α-hetero) is 1. The lowest BCUT2D eigenvalue weighted by molar-refractivity contribution is -0.161. The van der Waals surface area contributed by atoms with Gasteiger partial charge in [-0.2, -0.15) is 0 Å². The van der Waals surface area contributed by atoms with E-state index in [1.54, 1.807) is 0 Å². The average Bonchev–Trinajstić information content (AvgIpc) is 2.96. The van der Waals surface area contributed by atoms with Crippen molar-refractivity contribution in [3.8, 4) is 0 Å². The molecule has 0 unspecified atom stereocenters. The van der Waals surface area contributed by atoms with Crippen LogP contribution in [0, 0.1) is 0 Å². The molecule has 0 spiro atoms. The molecule has 0 aromatic rings. The summed E-state index contributed by atoms with van der Waals surface area (Å²) >= 11 is 0. The van der Waals surface area contributed by atoms with Gasteiger partial charge in [0, 0.05) is 0 Å². The van der Waals surface area contributed by atoms with Crippen LogP contribution in [-0.2, 0) is 19.1 Å². The number of hydrogen-bond acceptors (Lipinski definition) is 4. The van der Waals surface area contributed by atoms with Crippen LogP contribution in [0.1, 0.15) is 39.5 Å². The van der Waals surface area contributed by atoms with Crippen LogP contribution >= 0.6 is 0 Å². The standard InChI is InChI=1S/C11H18O4/c1-3-4-7-14-10(13)11(5-6-11)15-8-9(2)12/h3-8H2,1-2H3. The van der Waals surface area contributed by atoms with Gasteiger partial charge >= 0.3 is 5.97 Å². The maximum Gasteiger partial charge on any atom is 0.338 e. The summed E-state index contributed by atoms with van der Waals surface area (Å²) in [6, 6.07) is 0. The molecule has 1 saturated carbocycles. The SMILES string of the molecule is CCCCOC(=O)C1(OCC(C)=O)CC1. The normalized spacial score (nSPS) is 17.2. The molecule has 0 aromatic carbocycles. The van der Waals surface area contributed by atoms with Gasteiger partial charge in [-0.05, 0) is 26.2 Å². The molecule has 1 aliphatic carbocycles. The van der Waals surface area contributed by atoms with Crippen molar-refractivity contribution in [1.29, 1.82) is 0 Å². The van der Waals surface area contributed by atoms with Crippen LogP contribution in [0.3, 0.4) is 0 Å². The van der Waals surface area contributed by atoms with Gasteiger partial charge in [0.2, 0.25) is 0 Å². The minimum atomic E-state index is -0.792. The van der Waals surface area contributed by atoms with Gasteiger partial charge in [-0.1, -0.05) is 13.3 Å². The quantitative estimate of drug-likeness (QED) is 0.475. The molecule has 0 heterocycles. The Morgan fingerprint density at radius 3 is 2.47 bits per heavy atom. The van der Waals surface area contributed by atoms with Crippen molar-refractivity contribution in [2.24, 2.45) is 0 Å². The Balaban J connectivity index is 2.28. The number of carbonyl (C=O) groups is 2. The van der Waals surface area contributed by atoms with Crippen molar-refractivity contribution in [1.82, 2.24) is 0 Å². The number of esters is 1. The van der Waals surface area contributed by atoms with E-state index in [2.05, 4.69) is 0 Å². The summed E-state index contributed by atoms with van der Waals surface area (Å²) in [6.45, 7) is 3.93. The van der Waals surface area contributed by atoms with Crippen LogP contribution < -0.4 is 0 Å². The van der Waals surface area contributed by atoms with E-state index in [0.717, 1.165) is 12.8 Å². The van der Waals surface area contributed by atoms with E-state index in [0.29, 0.717) is 19.4 Å². The Bertz CT molecular complexity index is 243. The number of rotatable bonds is 7. The largest absolute Gasteiger partial charge is 0.464 e. The predicted molar refractivity (Wildman–Crippen MR) is 54.5 cm³/mol. The Morgan fingerprint density at radius 2 is 2.00 bits per heavy atom. The third kappa shape index (κ3) is 3.63. The molecule has 1 aliphatic rings. The number of carbonyl (C=O) groups excluding carboxylic acids is 2. The zero-order valence-corrected chi connectivity index (χ0v) is 9.38. The molecule has 0 atom stereocenters. The van der Waals surface area contributed by atoms with E-state index in [1.807, 2.05) is 6.92 Å². The fourth-order valence-corrected chi connectivity index (χ4v) is 1.20. The van der Waals surface area contributed by atoms with Gasteiger partial charge in [-0.15, -0.1) is 0 Å². The highest BCUT2D eigenvalue weighted by Gasteiger charge is 2.53. The van der Waals surface area contributed by atoms with E-state index in [9.17, 15) is 9.59 Å². The van der Waals surface area contributed by atoms with E-state index < -0.39 is 5.60 Å². The van der Waals surface area contributed by atoms with Gasteiger partial charge < -0.3 is 9.47 Å². The fourth-order valence-electron chi connectivity index (χ4n) is 1.20. The Morgan fingerprint density at radius 1 is 1.33 bits per heavy atom. The van der Waals surface area contributed by atoms with Gasteiger partial charge in [0.15, 0.2) is 11.4 Å². The van der Waals surface area contributed by atoms with Crippen molar-refractivity contribution in [2.45, 2.75) is 45.1 Å². The lowest BCUT2D eigenvalue weighted by atomic mass is 10.3. The van der Waals surface area contributed by atoms with E-state index in [4.69, 9.17) is 9.47 Å². The molecular formula is C11H18O4. The Kier molecular flexibility index (Phi) is 4.27. The van der Waals surface area contributed by atoms with Crippen molar-refractivity contribution in [3.63, 3.8) is 0 Å². The maximum atomic E-state index is 11.6. The van der Waals surface area contributed by atoms with Gasteiger partial charge in [0.05, 0.1) is 6.61 Å². The van der Waals surface area contributed by atoms with Crippen LogP contribution in [0.25, 0.3) is 0 Å². The van der Waals surface area contributed by atoms with Crippen molar-refractivity contribution in [2.75, 3.05) is 13.2 Å². The van der Waals surface area contributed by atoms with E-state index in [-0.39, 0.29) is 18.4 Å². The monoisotopic (exact) mass is 214 g/mol. The first kappa shape index (κ1) is 12.2. The molecule has 0 N–H and O–H groups in total. The topological polar surface area (TPSA) is 52.6 Å². The van der Waals surface area contributed by atoms with Crippen molar-refractivity contribution < 1.29 is 19.1 Å². The fraction of sp³-hybridized carbons (Fsp3) is 0.818. The third-order valence-corrected chi connectivity index (χ3v) is 2.36. The molecule has 0 radical (unpaired) electrons. The van der Waals surface area contributed by atoms with Crippen LogP contribution in [-0.4, -0.2) is 30.6 Å². The molecule has 1 rings (SSSR count). The second kappa shape index (κ2) is 5.26. The molecule has 0 saturated heterocycles. The van der Waals surface area contributed by atoms with Crippen LogP contribution in [0.4, 0.5) is 0 Å². The first-order valence-corrected chi connectivity index (χ1v) is 5.41. The number of unbranched alkanes of at least 4 members (excludes halogenated alkanes) is 1. The lowest BCUT2D eigenvalue weighted by Crippen LogP contribution is -2.30. The number of ether oxygens (including phenoxy) is 2. The van der Waals surface area contributed by atoms with Crippen LogP contribution in [0.15, 0.2) is 0 Å². The molecule has 4 heteroatoms. The van der Waals surface area contributed by atoms with Crippen molar-refractivity contribution in [3.05, 3.63) is 0 Å². The molecule has 15 heavy (non-hydrogen) atoms. The average molecular weight is 214 g/mol. The highest BCUT2D eigenvalue weighted by Crippen LogP contribution is 2.40. The summed E-state index contributed by atoms with van der Waals surface area (Å²) in [6.07, 6.45) is 3.21. The molecule has 0 aliphatic heterocycles. The summed E-state index contributed by atoms with van der Waals surface area (Å²) in [5.74, 6) is -0.375. The minimum absolute atomic E-state index is 0.00285. The minimum Gasteiger partial charge on any atom is -0.464 e. The maximum absolute atomic E-state index is 11.6. The molecule has 86 valence electrons. The Hall–Kier alpha value is -0.900. The lowest BCUT2D eigenvalue weighted by Gasteiger charge is -2.14. The first-order valence-electron chi connectivity index (χ1n) is 5.41. The zero-order chi connectivity index (χ0) is 11.3. The van der Waals surface area contributed by atoms with E-state index >= 15 is 0 Å². The van der Waals surface area contributed by atoms with Gasteiger partial charge in [-0.25, -0.2) is 4.79 Å². The molecule has 0 amide bonds. The number of ketones is 1. The highest BCUT2D eigenvalue weighted by molar-refractivity contribution is 5.84. The summed E-state index contributed by atoms with van der Waals surface area (Å²) in [5, 5.41) is 0. The number of hydrogen-bond donors (Lipinski definition) is 0. The van der Waals surface area contributed by atoms with E-state index in [1.165, 1.54) is 6.92 Å². The molecule has 4 nitrogen and oxygen atoms in total. The summed E-state index contributed by atoms with van der Waals surface area (Å²) in [7, 11) is 0. The van der Waals surface area contributed by atoms with Gasteiger partial charge in [0.25, 0.3) is 0 Å². The second-order valence-electron chi connectivity index (χ2n) is 3.97. The molecule has 1 fully saturated rings. The highest BCUT2D eigenvalue weighted by atomic mass is 16.6. The summed E-state index contributed by atoms with van der Waals surface area (Å²) in [5.41, 5.74) is -0.792. The summed E-state index contributed by atoms with van der Waals surface area (Å²) in [4.78, 5) is 22.3. The van der Waals surface area contributed by atoms with Gasteiger partial charge in [0.1, 0.15) is 6.61 Å². The smallest absolute Gasteiger partial charge is 0.338 e. The molecular weight excluding hydrogens is 196 g/mol. The first-order chi connectivity index (χ1) is 7.10. The third-order valence-electron chi connectivity index (χ3n) is 2.36. The molecule has 0 bridgehead atoms. The van der Waals surface area contributed by atoms with Crippen LogP contribution in [0.2, 0.25) is 0 Å². The predicted octanol–water partition coefficient (Wildman–Crippen LogP) is 1.47. The summed E-state index contributed by atoms with van der Waals surface area (Å²) < 4.78 is 10.3. The zero-order valence-electron chi connectivity index (χ0n) is 9.38. The van der Waals surface area contributed by atoms with Crippen LogP contribution in [0.5, 0.6) is 0 Å². The second-order valence-corrected chi connectivity index (χ2v) is 3.97. The van der Waals surface area contributed by atoms with Crippen molar-refractivity contribution >= 4 is 11.8 Å². The molecule has 0 aromatic heterocycles. The van der Waals surface area contributed by atoms with Gasteiger partial charge in [-0.3, -0.25) is 4.79 Å². The Labute approximate surface area is 89.9 Å².